The highest BCUT2D eigenvalue weighted by molar-refractivity contribution is 8.18. The molecule has 33 heavy (non-hydrogen) atoms. The van der Waals surface area contributed by atoms with Crippen molar-refractivity contribution in [1.82, 2.24) is 4.90 Å². The lowest BCUT2D eigenvalue weighted by molar-refractivity contribution is -0.127. The number of ether oxygens (including phenoxy) is 2. The Labute approximate surface area is 198 Å². The highest BCUT2D eigenvalue weighted by Gasteiger charge is 2.36. The van der Waals surface area contributed by atoms with Crippen molar-refractivity contribution in [3.05, 3.63) is 58.0 Å². The fourth-order valence-electron chi connectivity index (χ4n) is 3.22. The van der Waals surface area contributed by atoms with Crippen molar-refractivity contribution in [3.8, 4) is 11.5 Å². The SMILES string of the molecule is CCCOc1ccc(/C=C2\SC(=O)N(CC(=O)Nc3cccc(C)c3C)C2=O)cc1OCC. The minimum atomic E-state index is -0.495. The van der Waals surface area contributed by atoms with Gasteiger partial charge in [-0.2, -0.15) is 0 Å². The lowest BCUT2D eigenvalue weighted by atomic mass is 10.1. The van der Waals surface area contributed by atoms with E-state index < -0.39 is 17.1 Å². The Bertz CT molecular complexity index is 1100. The molecular formula is C25H28N2O5S. The van der Waals surface area contributed by atoms with Gasteiger partial charge >= 0.3 is 0 Å². The quantitative estimate of drug-likeness (QED) is 0.512. The molecule has 3 rings (SSSR count). The van der Waals surface area contributed by atoms with E-state index in [1.54, 1.807) is 30.3 Å². The second kappa shape index (κ2) is 11.0. The average molecular weight is 469 g/mol. The normalized spacial score (nSPS) is 14.7. The zero-order valence-electron chi connectivity index (χ0n) is 19.3. The van der Waals surface area contributed by atoms with Crippen LogP contribution >= 0.6 is 11.8 Å². The van der Waals surface area contributed by atoms with Gasteiger partial charge in [-0.05, 0) is 79.9 Å². The summed E-state index contributed by atoms with van der Waals surface area (Å²) in [6.07, 6.45) is 2.50. The highest BCUT2D eigenvalue weighted by Crippen LogP contribution is 2.34. The number of aryl methyl sites for hydroxylation is 1. The summed E-state index contributed by atoms with van der Waals surface area (Å²) in [6, 6.07) is 10.9. The summed E-state index contributed by atoms with van der Waals surface area (Å²) in [5.41, 5.74) is 3.35. The molecule has 0 aliphatic carbocycles. The molecule has 2 aromatic rings. The molecular weight excluding hydrogens is 440 g/mol. The number of nitrogens with one attached hydrogen (secondary N) is 1. The summed E-state index contributed by atoms with van der Waals surface area (Å²) in [7, 11) is 0. The fourth-order valence-corrected chi connectivity index (χ4v) is 4.06. The third-order valence-corrected chi connectivity index (χ3v) is 5.99. The minimum absolute atomic E-state index is 0.254. The molecule has 7 nitrogen and oxygen atoms in total. The van der Waals surface area contributed by atoms with Crippen molar-refractivity contribution in [2.45, 2.75) is 34.1 Å². The monoisotopic (exact) mass is 468 g/mol. The number of nitrogens with zero attached hydrogens (tertiary/aromatic N) is 1. The molecule has 0 radical (unpaired) electrons. The van der Waals surface area contributed by atoms with Crippen LogP contribution < -0.4 is 14.8 Å². The molecule has 2 aromatic carbocycles. The summed E-state index contributed by atoms with van der Waals surface area (Å²) in [5.74, 6) is 0.285. The van der Waals surface area contributed by atoms with Gasteiger partial charge in [0.15, 0.2) is 11.5 Å². The maximum Gasteiger partial charge on any atom is 0.294 e. The predicted octanol–water partition coefficient (Wildman–Crippen LogP) is 5.17. The Hall–Kier alpha value is -3.26. The van der Waals surface area contributed by atoms with Gasteiger partial charge in [-0.3, -0.25) is 19.3 Å². The first-order chi connectivity index (χ1) is 15.8. The number of rotatable bonds is 9. The number of amides is 3. The van der Waals surface area contributed by atoms with E-state index >= 15 is 0 Å². The van der Waals surface area contributed by atoms with E-state index in [0.29, 0.717) is 36.0 Å². The van der Waals surface area contributed by atoms with Crippen LogP contribution in [0.5, 0.6) is 11.5 Å². The number of anilines is 1. The van der Waals surface area contributed by atoms with E-state index in [4.69, 9.17) is 9.47 Å². The first kappa shape index (κ1) is 24.4. The third-order valence-electron chi connectivity index (χ3n) is 5.08. The van der Waals surface area contributed by atoms with Crippen molar-refractivity contribution in [1.29, 1.82) is 0 Å². The Balaban J connectivity index is 1.73. The minimum Gasteiger partial charge on any atom is -0.490 e. The zero-order valence-corrected chi connectivity index (χ0v) is 20.1. The molecule has 1 saturated heterocycles. The van der Waals surface area contributed by atoms with Crippen molar-refractivity contribution in [3.63, 3.8) is 0 Å². The van der Waals surface area contributed by atoms with Gasteiger partial charge in [-0.25, -0.2) is 0 Å². The molecule has 1 fully saturated rings. The molecule has 174 valence electrons. The summed E-state index contributed by atoms with van der Waals surface area (Å²) >= 11 is 0.814. The number of hydrogen-bond acceptors (Lipinski definition) is 6. The van der Waals surface area contributed by atoms with Crippen LogP contribution in [-0.4, -0.2) is 41.7 Å². The van der Waals surface area contributed by atoms with E-state index in [-0.39, 0.29) is 11.4 Å². The molecule has 1 N–H and O–H groups in total. The van der Waals surface area contributed by atoms with Crippen LogP contribution in [-0.2, 0) is 9.59 Å². The Morgan fingerprint density at radius 3 is 2.61 bits per heavy atom. The van der Waals surface area contributed by atoms with E-state index in [9.17, 15) is 14.4 Å². The lowest BCUT2D eigenvalue weighted by Crippen LogP contribution is -2.36. The topological polar surface area (TPSA) is 84.9 Å². The van der Waals surface area contributed by atoms with E-state index in [1.165, 1.54) is 0 Å². The number of carbonyl (C=O) groups is 3. The summed E-state index contributed by atoms with van der Waals surface area (Å²) in [4.78, 5) is 39.0. The fraction of sp³-hybridized carbons (Fsp3) is 0.320. The first-order valence-electron chi connectivity index (χ1n) is 10.8. The smallest absolute Gasteiger partial charge is 0.294 e. The molecule has 0 spiro atoms. The number of imide groups is 1. The molecule has 0 saturated carbocycles. The van der Waals surface area contributed by atoms with Crippen LogP contribution in [0.25, 0.3) is 6.08 Å². The van der Waals surface area contributed by atoms with Crippen molar-refractivity contribution in [2.75, 3.05) is 25.1 Å². The van der Waals surface area contributed by atoms with Gasteiger partial charge in [0, 0.05) is 5.69 Å². The summed E-state index contributed by atoms with van der Waals surface area (Å²) < 4.78 is 11.4. The Morgan fingerprint density at radius 1 is 1.09 bits per heavy atom. The standard InChI is InChI=1S/C25H28N2O5S/c1-5-12-32-20-11-10-18(13-21(20)31-6-2)14-22-24(29)27(25(30)33-22)15-23(28)26-19-9-7-8-16(3)17(19)4/h7-11,13-14H,5-6,12,15H2,1-4H3,(H,26,28)/b22-14-. The van der Waals surface area contributed by atoms with Crippen molar-refractivity contribution in [2.24, 2.45) is 0 Å². The lowest BCUT2D eigenvalue weighted by Gasteiger charge is -2.14. The number of benzene rings is 2. The second-order valence-electron chi connectivity index (χ2n) is 7.55. The molecule has 0 atom stereocenters. The Kier molecular flexibility index (Phi) is 8.16. The van der Waals surface area contributed by atoms with E-state index in [1.807, 2.05) is 39.8 Å². The predicted molar refractivity (Wildman–Crippen MR) is 131 cm³/mol. The van der Waals surface area contributed by atoms with E-state index in [0.717, 1.165) is 34.2 Å². The van der Waals surface area contributed by atoms with E-state index in [2.05, 4.69) is 5.32 Å². The van der Waals surface area contributed by atoms with Gasteiger partial charge in [-0.15, -0.1) is 0 Å². The van der Waals surface area contributed by atoms with Crippen LogP contribution in [0.1, 0.15) is 37.0 Å². The number of carbonyl (C=O) groups excluding carboxylic acids is 3. The van der Waals surface area contributed by atoms with Crippen LogP contribution in [0.15, 0.2) is 41.3 Å². The van der Waals surface area contributed by atoms with Gasteiger partial charge in [0.25, 0.3) is 11.1 Å². The van der Waals surface area contributed by atoms with Crippen LogP contribution in [0.2, 0.25) is 0 Å². The molecule has 1 heterocycles. The number of hydrogen-bond donors (Lipinski definition) is 1. The molecule has 0 aromatic heterocycles. The van der Waals surface area contributed by atoms with Crippen LogP contribution in [0.4, 0.5) is 10.5 Å². The largest absolute Gasteiger partial charge is 0.490 e. The van der Waals surface area contributed by atoms with Crippen molar-refractivity contribution < 1.29 is 23.9 Å². The van der Waals surface area contributed by atoms with Gasteiger partial charge in [-0.1, -0.05) is 25.1 Å². The molecule has 0 unspecified atom stereocenters. The highest BCUT2D eigenvalue weighted by atomic mass is 32.2. The molecule has 0 bridgehead atoms. The Morgan fingerprint density at radius 2 is 1.88 bits per heavy atom. The molecule has 8 heteroatoms. The molecule has 1 aliphatic rings. The van der Waals surface area contributed by atoms with Crippen LogP contribution in [0, 0.1) is 13.8 Å². The van der Waals surface area contributed by atoms with Crippen molar-refractivity contribution >= 4 is 40.6 Å². The second-order valence-corrected chi connectivity index (χ2v) is 8.54. The number of thioether (sulfide) groups is 1. The summed E-state index contributed by atoms with van der Waals surface area (Å²) in [6.45, 7) is 8.45. The van der Waals surface area contributed by atoms with Gasteiger partial charge in [0.2, 0.25) is 5.91 Å². The first-order valence-corrected chi connectivity index (χ1v) is 11.7. The van der Waals surface area contributed by atoms with Crippen LogP contribution in [0.3, 0.4) is 0 Å². The zero-order chi connectivity index (χ0) is 24.0. The average Bonchev–Trinajstić information content (AvgIpc) is 3.04. The maximum atomic E-state index is 12.8. The maximum absolute atomic E-state index is 12.8. The van der Waals surface area contributed by atoms with Gasteiger partial charge in [0.05, 0.1) is 18.1 Å². The van der Waals surface area contributed by atoms with Gasteiger partial charge < -0.3 is 14.8 Å². The summed E-state index contributed by atoms with van der Waals surface area (Å²) in [5, 5.41) is 2.31. The van der Waals surface area contributed by atoms with Gasteiger partial charge in [0.1, 0.15) is 6.54 Å². The molecule has 3 amide bonds. The third kappa shape index (κ3) is 5.96. The molecule has 1 aliphatic heterocycles.